The molecule has 0 saturated carbocycles. The van der Waals surface area contributed by atoms with E-state index in [0.29, 0.717) is 0 Å². The molecule has 0 bridgehead atoms. The van der Waals surface area contributed by atoms with Gasteiger partial charge in [-0.25, -0.2) is 4.99 Å². The second-order valence-corrected chi connectivity index (χ2v) is 6.01. The third kappa shape index (κ3) is 5.54. The normalized spacial score (nSPS) is 16.6. The topological polar surface area (TPSA) is 74.2 Å². The molecule has 0 radical (unpaired) electrons. The Bertz CT molecular complexity index is 413. The number of amides is 1. The number of rotatable bonds is 4. The molecule has 0 spiro atoms. The van der Waals surface area contributed by atoms with E-state index in [9.17, 15) is 9.59 Å². The zero-order valence-corrected chi connectivity index (χ0v) is 14.3. The smallest absolute Gasteiger partial charge is 0.308 e. The van der Waals surface area contributed by atoms with E-state index in [4.69, 9.17) is 4.74 Å². The lowest BCUT2D eigenvalue weighted by Crippen LogP contribution is -2.49. The Morgan fingerprint density at radius 1 is 1.32 bits per heavy atom. The zero-order chi connectivity index (χ0) is 16.7. The van der Waals surface area contributed by atoms with Gasteiger partial charge >= 0.3 is 5.97 Å². The van der Waals surface area contributed by atoms with Crippen LogP contribution in [0.2, 0.25) is 0 Å². The highest BCUT2D eigenvalue weighted by Crippen LogP contribution is 2.18. The van der Waals surface area contributed by atoms with Gasteiger partial charge in [0.1, 0.15) is 6.54 Å². The Morgan fingerprint density at radius 3 is 2.36 bits per heavy atom. The van der Waals surface area contributed by atoms with Crippen molar-refractivity contribution in [2.45, 2.75) is 32.7 Å². The van der Waals surface area contributed by atoms with Crippen LogP contribution in [0.25, 0.3) is 0 Å². The molecule has 1 fully saturated rings. The molecule has 0 aromatic carbocycles. The summed E-state index contributed by atoms with van der Waals surface area (Å²) in [4.78, 5) is 31.3. The number of nitrogens with zero attached hydrogens (tertiary/aromatic N) is 3. The van der Waals surface area contributed by atoms with Gasteiger partial charge in [0.05, 0.1) is 13.0 Å². The van der Waals surface area contributed by atoms with Crippen molar-refractivity contribution >= 4 is 17.8 Å². The van der Waals surface area contributed by atoms with Crippen molar-refractivity contribution in [2.24, 2.45) is 10.9 Å². The number of methoxy groups -OCH3 is 1. The first-order valence-corrected chi connectivity index (χ1v) is 7.69. The monoisotopic (exact) mass is 312 g/mol. The maximum absolute atomic E-state index is 11.7. The number of hydrogen-bond acceptors (Lipinski definition) is 4. The van der Waals surface area contributed by atoms with Gasteiger partial charge in [0, 0.05) is 33.2 Å². The fraction of sp³-hybridized carbons (Fsp3) is 0.800. The fourth-order valence-electron chi connectivity index (χ4n) is 2.27. The van der Waals surface area contributed by atoms with Crippen LogP contribution in [0.5, 0.6) is 0 Å². The van der Waals surface area contributed by atoms with Crippen LogP contribution in [0.4, 0.5) is 0 Å². The standard InChI is InChI=1S/C15H28N4O3/c1-11(2)17-15(16-10-13(20)18(3)4)19-8-6-12(7-9-19)14(21)22-5/h11-12H,6-10H2,1-5H3,(H,16,17). The lowest BCUT2D eigenvalue weighted by molar-refractivity contribution is -0.146. The minimum absolute atomic E-state index is 0.0347. The van der Waals surface area contributed by atoms with Crippen LogP contribution in [0.1, 0.15) is 26.7 Å². The number of carbonyl (C=O) groups is 2. The van der Waals surface area contributed by atoms with Crippen molar-refractivity contribution in [2.75, 3.05) is 40.8 Å². The molecule has 1 heterocycles. The summed E-state index contributed by atoms with van der Waals surface area (Å²) in [6.45, 7) is 5.65. The van der Waals surface area contributed by atoms with E-state index < -0.39 is 0 Å². The van der Waals surface area contributed by atoms with E-state index in [1.807, 2.05) is 13.8 Å². The SMILES string of the molecule is COC(=O)C1CCN(C(=NCC(=O)N(C)C)NC(C)C)CC1. The first kappa shape index (κ1) is 18.3. The van der Waals surface area contributed by atoms with Gasteiger partial charge in [0.2, 0.25) is 5.91 Å². The molecule has 1 aliphatic rings. The molecule has 1 aliphatic heterocycles. The highest BCUT2D eigenvalue weighted by Gasteiger charge is 2.27. The first-order chi connectivity index (χ1) is 10.3. The van der Waals surface area contributed by atoms with E-state index >= 15 is 0 Å². The number of carbonyl (C=O) groups excluding carboxylic acids is 2. The summed E-state index contributed by atoms with van der Waals surface area (Å²) in [6, 6.07) is 0.228. The number of likely N-dealkylation sites (tertiary alicyclic amines) is 1. The number of aliphatic imine (C=N–C) groups is 1. The molecule has 0 aliphatic carbocycles. The highest BCUT2D eigenvalue weighted by atomic mass is 16.5. The lowest BCUT2D eigenvalue weighted by atomic mass is 9.97. The molecule has 1 N–H and O–H groups in total. The Hall–Kier alpha value is -1.79. The number of esters is 1. The summed E-state index contributed by atoms with van der Waals surface area (Å²) in [5.41, 5.74) is 0. The molecule has 22 heavy (non-hydrogen) atoms. The number of likely N-dealkylation sites (N-methyl/N-ethyl adjacent to an activating group) is 1. The number of nitrogens with one attached hydrogen (secondary N) is 1. The van der Waals surface area contributed by atoms with Crippen molar-refractivity contribution in [3.05, 3.63) is 0 Å². The second-order valence-electron chi connectivity index (χ2n) is 6.01. The molecule has 0 unspecified atom stereocenters. The first-order valence-electron chi connectivity index (χ1n) is 7.69. The van der Waals surface area contributed by atoms with Gasteiger partial charge in [-0.05, 0) is 26.7 Å². The summed E-state index contributed by atoms with van der Waals surface area (Å²) in [7, 11) is 4.86. The minimum atomic E-state index is -0.141. The van der Waals surface area contributed by atoms with Gasteiger partial charge in [-0.15, -0.1) is 0 Å². The van der Waals surface area contributed by atoms with E-state index in [-0.39, 0.29) is 30.4 Å². The number of guanidine groups is 1. The van der Waals surface area contributed by atoms with Gasteiger partial charge in [0.25, 0.3) is 0 Å². The van der Waals surface area contributed by atoms with Gasteiger partial charge in [-0.1, -0.05) is 0 Å². The quantitative estimate of drug-likeness (QED) is 0.459. The van der Waals surface area contributed by atoms with Crippen molar-refractivity contribution in [1.82, 2.24) is 15.1 Å². The van der Waals surface area contributed by atoms with Crippen LogP contribution in [-0.4, -0.2) is 74.5 Å². The predicted octanol–water partition coefficient (Wildman–Crippen LogP) is 0.314. The zero-order valence-electron chi connectivity index (χ0n) is 14.3. The van der Waals surface area contributed by atoms with E-state index in [0.717, 1.165) is 31.9 Å². The summed E-state index contributed by atoms with van der Waals surface area (Å²) in [6.07, 6.45) is 1.49. The summed E-state index contributed by atoms with van der Waals surface area (Å²) in [5, 5.41) is 3.29. The maximum atomic E-state index is 11.7. The Kier molecular flexibility index (Phi) is 7.14. The van der Waals surface area contributed by atoms with Gasteiger partial charge in [-0.3, -0.25) is 9.59 Å². The van der Waals surface area contributed by atoms with Crippen LogP contribution >= 0.6 is 0 Å². The summed E-state index contributed by atoms with van der Waals surface area (Å²) >= 11 is 0. The number of ether oxygens (including phenoxy) is 1. The Balaban J connectivity index is 2.67. The lowest BCUT2D eigenvalue weighted by Gasteiger charge is -2.34. The molecule has 7 nitrogen and oxygen atoms in total. The van der Waals surface area contributed by atoms with Crippen LogP contribution in [0.15, 0.2) is 4.99 Å². The third-order valence-corrected chi connectivity index (χ3v) is 3.61. The van der Waals surface area contributed by atoms with Gasteiger partial charge in [0.15, 0.2) is 5.96 Å². The van der Waals surface area contributed by atoms with E-state index in [1.165, 1.54) is 12.0 Å². The average molecular weight is 312 g/mol. The van der Waals surface area contributed by atoms with E-state index in [2.05, 4.69) is 15.2 Å². The molecular weight excluding hydrogens is 284 g/mol. The number of hydrogen-bond donors (Lipinski definition) is 1. The summed E-state index contributed by atoms with van der Waals surface area (Å²) in [5.74, 6) is 0.517. The third-order valence-electron chi connectivity index (χ3n) is 3.61. The van der Waals surface area contributed by atoms with Crippen LogP contribution in [0, 0.1) is 5.92 Å². The molecule has 126 valence electrons. The van der Waals surface area contributed by atoms with Crippen molar-refractivity contribution in [3.8, 4) is 0 Å². The van der Waals surface area contributed by atoms with Crippen molar-refractivity contribution in [1.29, 1.82) is 0 Å². The molecule has 0 aromatic heterocycles. The molecule has 1 amide bonds. The second kappa shape index (κ2) is 8.60. The molecule has 7 heteroatoms. The molecular formula is C15H28N4O3. The minimum Gasteiger partial charge on any atom is -0.469 e. The highest BCUT2D eigenvalue weighted by molar-refractivity contribution is 5.85. The van der Waals surface area contributed by atoms with Crippen LogP contribution in [-0.2, 0) is 14.3 Å². The maximum Gasteiger partial charge on any atom is 0.308 e. The van der Waals surface area contributed by atoms with Crippen LogP contribution < -0.4 is 5.32 Å². The summed E-state index contributed by atoms with van der Waals surface area (Å²) < 4.78 is 4.80. The molecule has 0 aromatic rings. The van der Waals surface area contributed by atoms with E-state index in [1.54, 1.807) is 14.1 Å². The van der Waals surface area contributed by atoms with Crippen LogP contribution in [0.3, 0.4) is 0 Å². The predicted molar refractivity (Wildman–Crippen MR) is 85.6 cm³/mol. The molecule has 0 atom stereocenters. The van der Waals surface area contributed by atoms with Gasteiger partial charge in [-0.2, -0.15) is 0 Å². The average Bonchev–Trinajstić information content (AvgIpc) is 2.50. The Morgan fingerprint density at radius 2 is 1.91 bits per heavy atom. The van der Waals surface area contributed by atoms with Crippen molar-refractivity contribution < 1.29 is 14.3 Å². The number of piperidine rings is 1. The fourth-order valence-corrected chi connectivity index (χ4v) is 2.27. The Labute approximate surface area is 132 Å². The van der Waals surface area contributed by atoms with Crippen molar-refractivity contribution in [3.63, 3.8) is 0 Å². The largest absolute Gasteiger partial charge is 0.469 e. The molecule has 1 saturated heterocycles. The molecule has 1 rings (SSSR count). The van der Waals surface area contributed by atoms with Gasteiger partial charge < -0.3 is 19.9 Å².